The standard InChI is InChI=1S/C14H22N2O2S.ClH/c1-12-5-4-6-13(9-12)11-19(17,18)16-8-3-2-7-14(16)10-15;/h4-6,9,14H,2-3,7-8,10-11,15H2,1H3;1H. The molecule has 0 aromatic heterocycles. The van der Waals surface area contributed by atoms with Crippen molar-refractivity contribution in [2.45, 2.75) is 38.0 Å². The first-order valence-electron chi connectivity index (χ1n) is 6.78. The molecule has 1 aromatic rings. The van der Waals surface area contributed by atoms with E-state index in [0.717, 1.165) is 30.4 Å². The highest BCUT2D eigenvalue weighted by Crippen LogP contribution is 2.22. The van der Waals surface area contributed by atoms with Crippen LogP contribution in [0.25, 0.3) is 0 Å². The van der Waals surface area contributed by atoms with Crippen LogP contribution in [0.1, 0.15) is 30.4 Å². The summed E-state index contributed by atoms with van der Waals surface area (Å²) in [5, 5.41) is 0. The number of hydrogen-bond acceptors (Lipinski definition) is 3. The molecule has 20 heavy (non-hydrogen) atoms. The van der Waals surface area contributed by atoms with Gasteiger partial charge in [0.25, 0.3) is 0 Å². The highest BCUT2D eigenvalue weighted by Gasteiger charge is 2.31. The molecule has 114 valence electrons. The Kier molecular flexibility index (Phi) is 6.45. The van der Waals surface area contributed by atoms with Crippen LogP contribution in [0.3, 0.4) is 0 Å². The molecule has 1 aromatic carbocycles. The van der Waals surface area contributed by atoms with E-state index in [9.17, 15) is 8.42 Å². The van der Waals surface area contributed by atoms with Crippen LogP contribution in [0.15, 0.2) is 24.3 Å². The number of benzene rings is 1. The van der Waals surface area contributed by atoms with Crippen molar-refractivity contribution in [3.05, 3.63) is 35.4 Å². The Labute approximate surface area is 127 Å². The monoisotopic (exact) mass is 318 g/mol. The molecule has 0 aliphatic carbocycles. The molecule has 0 bridgehead atoms. The Hall–Kier alpha value is -0.620. The second kappa shape index (κ2) is 7.41. The lowest BCUT2D eigenvalue weighted by Crippen LogP contribution is -2.47. The zero-order chi connectivity index (χ0) is 13.9. The third kappa shape index (κ3) is 4.19. The zero-order valence-corrected chi connectivity index (χ0v) is 13.4. The molecular weight excluding hydrogens is 296 g/mol. The zero-order valence-electron chi connectivity index (χ0n) is 11.8. The molecule has 2 rings (SSSR count). The lowest BCUT2D eigenvalue weighted by Gasteiger charge is -2.33. The van der Waals surface area contributed by atoms with Gasteiger partial charge in [-0.15, -0.1) is 12.4 Å². The summed E-state index contributed by atoms with van der Waals surface area (Å²) in [6.07, 6.45) is 2.88. The Morgan fingerprint density at radius 2 is 2.10 bits per heavy atom. The second-order valence-corrected chi connectivity index (χ2v) is 7.16. The predicted octanol–water partition coefficient (Wildman–Crippen LogP) is 2.06. The summed E-state index contributed by atoms with van der Waals surface area (Å²) in [6, 6.07) is 7.64. The minimum absolute atomic E-state index is 0. The van der Waals surface area contributed by atoms with Crippen LogP contribution in [0.5, 0.6) is 0 Å². The molecule has 1 aliphatic heterocycles. The molecule has 0 radical (unpaired) electrons. The van der Waals surface area contributed by atoms with Crippen molar-refractivity contribution in [2.75, 3.05) is 13.1 Å². The largest absolute Gasteiger partial charge is 0.329 e. The van der Waals surface area contributed by atoms with Gasteiger partial charge in [-0.1, -0.05) is 36.2 Å². The Morgan fingerprint density at radius 3 is 2.75 bits per heavy atom. The molecule has 1 unspecified atom stereocenters. The van der Waals surface area contributed by atoms with Gasteiger partial charge in [0, 0.05) is 19.1 Å². The first-order chi connectivity index (χ1) is 9.03. The highest BCUT2D eigenvalue weighted by atomic mass is 35.5. The number of piperidine rings is 1. The van der Waals surface area contributed by atoms with Crippen molar-refractivity contribution in [1.29, 1.82) is 0 Å². The number of nitrogens with zero attached hydrogens (tertiary/aromatic N) is 1. The minimum atomic E-state index is -3.26. The van der Waals surface area contributed by atoms with E-state index in [4.69, 9.17) is 5.73 Å². The topological polar surface area (TPSA) is 63.4 Å². The number of hydrogen-bond donors (Lipinski definition) is 1. The van der Waals surface area contributed by atoms with Crippen molar-refractivity contribution in [3.63, 3.8) is 0 Å². The van der Waals surface area contributed by atoms with E-state index in [2.05, 4.69) is 0 Å². The Morgan fingerprint density at radius 1 is 1.35 bits per heavy atom. The van der Waals surface area contributed by atoms with Crippen LogP contribution < -0.4 is 5.73 Å². The SMILES string of the molecule is Cc1cccc(CS(=O)(=O)N2CCCCC2CN)c1.Cl. The van der Waals surface area contributed by atoms with Crippen LogP contribution >= 0.6 is 12.4 Å². The van der Waals surface area contributed by atoms with E-state index >= 15 is 0 Å². The average Bonchev–Trinajstić information content (AvgIpc) is 2.38. The number of sulfonamides is 1. The Bertz CT molecular complexity index is 534. The van der Waals surface area contributed by atoms with Crippen molar-refractivity contribution in [2.24, 2.45) is 5.73 Å². The minimum Gasteiger partial charge on any atom is -0.329 e. The van der Waals surface area contributed by atoms with E-state index < -0.39 is 10.0 Å². The van der Waals surface area contributed by atoms with E-state index in [0.29, 0.717) is 13.1 Å². The van der Waals surface area contributed by atoms with Gasteiger partial charge in [0.1, 0.15) is 0 Å². The molecule has 2 N–H and O–H groups in total. The van der Waals surface area contributed by atoms with Gasteiger partial charge in [-0.3, -0.25) is 0 Å². The lowest BCUT2D eigenvalue weighted by molar-refractivity contribution is 0.257. The summed E-state index contributed by atoms with van der Waals surface area (Å²) in [5.74, 6) is 0.0746. The first-order valence-corrected chi connectivity index (χ1v) is 8.39. The van der Waals surface area contributed by atoms with E-state index in [1.807, 2.05) is 31.2 Å². The van der Waals surface area contributed by atoms with Crippen molar-refractivity contribution in [1.82, 2.24) is 4.31 Å². The maximum absolute atomic E-state index is 12.5. The van der Waals surface area contributed by atoms with Crippen LogP contribution in [0, 0.1) is 6.92 Å². The normalized spacial score (nSPS) is 20.4. The summed E-state index contributed by atoms with van der Waals surface area (Å²) in [7, 11) is -3.26. The van der Waals surface area contributed by atoms with Gasteiger partial charge in [-0.2, -0.15) is 4.31 Å². The summed E-state index contributed by atoms with van der Waals surface area (Å²) in [6.45, 7) is 2.99. The average molecular weight is 319 g/mol. The smallest absolute Gasteiger partial charge is 0.218 e. The van der Waals surface area contributed by atoms with Crippen LogP contribution in [-0.2, 0) is 15.8 Å². The van der Waals surface area contributed by atoms with E-state index in [-0.39, 0.29) is 24.2 Å². The van der Waals surface area contributed by atoms with Gasteiger partial charge in [0.2, 0.25) is 10.0 Å². The van der Waals surface area contributed by atoms with Gasteiger partial charge >= 0.3 is 0 Å². The number of halogens is 1. The van der Waals surface area contributed by atoms with Gasteiger partial charge in [-0.05, 0) is 25.3 Å². The molecule has 1 aliphatic rings. The molecule has 4 nitrogen and oxygen atoms in total. The van der Waals surface area contributed by atoms with Gasteiger partial charge in [0.05, 0.1) is 5.75 Å². The maximum atomic E-state index is 12.5. The molecule has 0 saturated carbocycles. The number of rotatable bonds is 4. The van der Waals surface area contributed by atoms with E-state index in [1.165, 1.54) is 0 Å². The molecule has 1 atom stereocenters. The van der Waals surface area contributed by atoms with E-state index in [1.54, 1.807) is 4.31 Å². The molecule has 1 fully saturated rings. The number of aryl methyl sites for hydroxylation is 1. The third-order valence-corrected chi connectivity index (χ3v) is 5.53. The fourth-order valence-electron chi connectivity index (χ4n) is 2.67. The molecule has 0 amide bonds. The summed E-state index contributed by atoms with van der Waals surface area (Å²) in [4.78, 5) is 0. The summed E-state index contributed by atoms with van der Waals surface area (Å²) in [5.41, 5.74) is 7.64. The Balaban J connectivity index is 0.00000200. The summed E-state index contributed by atoms with van der Waals surface area (Å²) < 4.78 is 26.6. The highest BCUT2D eigenvalue weighted by molar-refractivity contribution is 7.88. The van der Waals surface area contributed by atoms with Crippen molar-refractivity contribution in [3.8, 4) is 0 Å². The lowest BCUT2D eigenvalue weighted by atomic mass is 10.1. The quantitative estimate of drug-likeness (QED) is 0.924. The fraction of sp³-hybridized carbons (Fsp3) is 0.571. The molecule has 1 heterocycles. The summed E-state index contributed by atoms with van der Waals surface area (Å²) >= 11 is 0. The fourth-order valence-corrected chi connectivity index (χ4v) is 4.49. The molecule has 0 spiro atoms. The van der Waals surface area contributed by atoms with Crippen LogP contribution in [-0.4, -0.2) is 31.9 Å². The van der Waals surface area contributed by atoms with Crippen molar-refractivity contribution >= 4 is 22.4 Å². The van der Waals surface area contributed by atoms with Gasteiger partial charge < -0.3 is 5.73 Å². The molecule has 6 heteroatoms. The first kappa shape index (κ1) is 17.4. The predicted molar refractivity (Wildman–Crippen MR) is 84.5 cm³/mol. The maximum Gasteiger partial charge on any atom is 0.218 e. The second-order valence-electron chi connectivity index (χ2n) is 5.24. The van der Waals surface area contributed by atoms with Crippen LogP contribution in [0.2, 0.25) is 0 Å². The van der Waals surface area contributed by atoms with Gasteiger partial charge in [-0.25, -0.2) is 8.42 Å². The number of nitrogens with two attached hydrogens (primary N) is 1. The van der Waals surface area contributed by atoms with Crippen LogP contribution in [0.4, 0.5) is 0 Å². The van der Waals surface area contributed by atoms with Gasteiger partial charge in [0.15, 0.2) is 0 Å². The van der Waals surface area contributed by atoms with Crippen molar-refractivity contribution < 1.29 is 8.42 Å². The molecular formula is C14H23ClN2O2S. The third-order valence-electron chi connectivity index (χ3n) is 3.63. The molecule has 1 saturated heterocycles.